The van der Waals surface area contributed by atoms with Gasteiger partial charge in [0.05, 0.1) is 5.56 Å². The Balaban J connectivity index is 1.73. The average molecular weight is 338 g/mol. The molecule has 1 atom stereocenters. The summed E-state index contributed by atoms with van der Waals surface area (Å²) in [7, 11) is 0. The zero-order valence-corrected chi connectivity index (χ0v) is 14.2. The molecule has 25 heavy (non-hydrogen) atoms. The fourth-order valence-corrected chi connectivity index (χ4v) is 2.57. The number of carbonyl (C=O) groups excluding carboxylic acids is 2. The lowest BCUT2D eigenvalue weighted by Crippen LogP contribution is -2.30. The molecule has 6 nitrogen and oxygen atoms in total. The minimum Gasteiger partial charge on any atom is -0.449 e. The van der Waals surface area contributed by atoms with E-state index in [1.165, 1.54) is 13.3 Å². The number of nitrogens with one attached hydrogen (secondary N) is 1. The van der Waals surface area contributed by atoms with Crippen LogP contribution in [0.4, 0.5) is 5.69 Å². The van der Waals surface area contributed by atoms with Gasteiger partial charge in [0.2, 0.25) is 0 Å². The van der Waals surface area contributed by atoms with Gasteiger partial charge in [-0.2, -0.15) is 0 Å². The third-order valence-electron chi connectivity index (χ3n) is 3.96. The number of aromatic nitrogens is 1. The minimum absolute atomic E-state index is 0.262. The molecule has 0 saturated heterocycles. The fraction of sp³-hybridized carbons (Fsp3) is 0.211. The van der Waals surface area contributed by atoms with E-state index < -0.39 is 18.0 Å². The molecule has 0 aliphatic carbocycles. The average Bonchev–Trinajstić information content (AvgIpc) is 3.06. The van der Waals surface area contributed by atoms with Gasteiger partial charge >= 0.3 is 5.97 Å². The normalized spacial score (nSPS) is 12.0. The molecule has 1 unspecified atom stereocenters. The van der Waals surface area contributed by atoms with Crippen LogP contribution in [0.1, 0.15) is 28.4 Å². The molecule has 1 N–H and O–H groups in total. The maximum Gasteiger partial charge on any atom is 0.341 e. The van der Waals surface area contributed by atoms with Crippen LogP contribution in [0, 0.1) is 13.8 Å². The molecule has 0 bridgehead atoms. The van der Waals surface area contributed by atoms with E-state index >= 15 is 0 Å². The summed E-state index contributed by atoms with van der Waals surface area (Å²) in [5, 5.41) is 2.82. The number of esters is 1. The summed E-state index contributed by atoms with van der Waals surface area (Å²) in [4.78, 5) is 28.8. The van der Waals surface area contributed by atoms with Gasteiger partial charge in [-0.3, -0.25) is 4.79 Å². The Labute approximate surface area is 144 Å². The molecule has 6 heteroatoms. The van der Waals surface area contributed by atoms with Gasteiger partial charge in [0.25, 0.3) is 5.91 Å². The van der Waals surface area contributed by atoms with Crippen LogP contribution in [0.2, 0.25) is 0 Å². The van der Waals surface area contributed by atoms with Crippen molar-refractivity contribution in [3.8, 4) is 0 Å². The van der Waals surface area contributed by atoms with E-state index in [9.17, 15) is 9.59 Å². The number of aryl methyl sites for hydroxylation is 2. The second-order valence-corrected chi connectivity index (χ2v) is 5.81. The molecule has 2 aromatic carbocycles. The predicted octanol–water partition coefficient (Wildman–Crippen LogP) is 3.63. The maximum absolute atomic E-state index is 12.4. The van der Waals surface area contributed by atoms with Gasteiger partial charge in [0.15, 0.2) is 18.1 Å². The van der Waals surface area contributed by atoms with Crippen LogP contribution in [-0.4, -0.2) is 23.0 Å². The van der Waals surface area contributed by atoms with E-state index in [2.05, 4.69) is 10.3 Å². The molecule has 0 aliphatic rings. The SMILES string of the molecule is Cc1cccc(C)c1NC(=O)C(C)OC(=O)c1cccc2ocnc12. The smallest absolute Gasteiger partial charge is 0.341 e. The monoisotopic (exact) mass is 338 g/mol. The van der Waals surface area contributed by atoms with Crippen LogP contribution < -0.4 is 5.32 Å². The Hall–Kier alpha value is -3.15. The number of hydrogen-bond donors (Lipinski definition) is 1. The molecule has 1 heterocycles. The van der Waals surface area contributed by atoms with Gasteiger partial charge in [0.1, 0.15) is 5.52 Å². The third-order valence-corrected chi connectivity index (χ3v) is 3.96. The van der Waals surface area contributed by atoms with Crippen molar-refractivity contribution in [2.45, 2.75) is 26.9 Å². The van der Waals surface area contributed by atoms with Crippen molar-refractivity contribution in [3.05, 3.63) is 59.5 Å². The molecule has 3 rings (SSSR count). The highest BCUT2D eigenvalue weighted by Crippen LogP contribution is 2.21. The lowest BCUT2D eigenvalue weighted by Gasteiger charge is -2.16. The molecule has 0 spiro atoms. The number of carbonyl (C=O) groups is 2. The van der Waals surface area contributed by atoms with Crippen LogP contribution in [0.5, 0.6) is 0 Å². The number of benzene rings is 2. The van der Waals surface area contributed by atoms with Crippen molar-refractivity contribution < 1.29 is 18.7 Å². The first-order valence-corrected chi connectivity index (χ1v) is 7.87. The summed E-state index contributed by atoms with van der Waals surface area (Å²) < 4.78 is 10.5. The van der Waals surface area contributed by atoms with Crippen molar-refractivity contribution >= 4 is 28.7 Å². The predicted molar refractivity (Wildman–Crippen MR) is 93.4 cm³/mol. The van der Waals surface area contributed by atoms with Crippen molar-refractivity contribution in [1.82, 2.24) is 4.98 Å². The first-order valence-electron chi connectivity index (χ1n) is 7.87. The Morgan fingerprint density at radius 2 is 1.80 bits per heavy atom. The molecule has 3 aromatic rings. The van der Waals surface area contributed by atoms with Crippen LogP contribution in [0.3, 0.4) is 0 Å². The molecule has 0 saturated carbocycles. The van der Waals surface area contributed by atoms with Gasteiger partial charge in [-0.25, -0.2) is 9.78 Å². The number of rotatable bonds is 4. The van der Waals surface area contributed by atoms with Crippen LogP contribution >= 0.6 is 0 Å². The van der Waals surface area contributed by atoms with Crippen LogP contribution in [0.15, 0.2) is 47.2 Å². The molecule has 1 aromatic heterocycles. The van der Waals surface area contributed by atoms with Gasteiger partial charge in [0, 0.05) is 5.69 Å². The van der Waals surface area contributed by atoms with Gasteiger partial charge < -0.3 is 14.5 Å². The quantitative estimate of drug-likeness (QED) is 0.735. The number of fused-ring (bicyclic) bond motifs is 1. The summed E-state index contributed by atoms with van der Waals surface area (Å²) >= 11 is 0. The first-order chi connectivity index (χ1) is 12.0. The third kappa shape index (κ3) is 3.38. The summed E-state index contributed by atoms with van der Waals surface area (Å²) in [6.45, 7) is 5.35. The molecular weight excluding hydrogens is 320 g/mol. The molecule has 0 radical (unpaired) electrons. The largest absolute Gasteiger partial charge is 0.449 e. The summed E-state index contributed by atoms with van der Waals surface area (Å²) in [6, 6.07) is 10.7. The maximum atomic E-state index is 12.4. The number of ether oxygens (including phenoxy) is 1. The molecule has 1 amide bonds. The first kappa shape index (κ1) is 16.7. The molecule has 0 aliphatic heterocycles. The molecular formula is C19H18N2O4. The standard InChI is InChI=1S/C19H18N2O4/c1-11-6-4-7-12(2)16(11)21-18(22)13(3)25-19(23)14-8-5-9-15-17(14)20-10-24-15/h4-10,13H,1-3H3,(H,21,22). The molecule has 128 valence electrons. The number of anilines is 1. The summed E-state index contributed by atoms with van der Waals surface area (Å²) in [5.41, 5.74) is 3.78. The van der Waals surface area contributed by atoms with Gasteiger partial charge in [-0.05, 0) is 44.0 Å². The Morgan fingerprint density at radius 1 is 1.12 bits per heavy atom. The number of amides is 1. The highest BCUT2D eigenvalue weighted by atomic mass is 16.5. The van der Waals surface area contributed by atoms with E-state index in [-0.39, 0.29) is 5.56 Å². The van der Waals surface area contributed by atoms with E-state index in [1.54, 1.807) is 18.2 Å². The van der Waals surface area contributed by atoms with E-state index in [0.29, 0.717) is 11.1 Å². The van der Waals surface area contributed by atoms with Gasteiger partial charge in [-0.1, -0.05) is 24.3 Å². The molecule has 0 fully saturated rings. The fourth-order valence-electron chi connectivity index (χ4n) is 2.57. The van der Waals surface area contributed by atoms with E-state index in [0.717, 1.165) is 16.8 Å². The minimum atomic E-state index is -0.950. The van der Waals surface area contributed by atoms with Gasteiger partial charge in [-0.15, -0.1) is 0 Å². The topological polar surface area (TPSA) is 81.4 Å². The highest BCUT2D eigenvalue weighted by molar-refractivity contribution is 6.03. The number of hydrogen-bond acceptors (Lipinski definition) is 5. The van der Waals surface area contributed by atoms with E-state index in [4.69, 9.17) is 9.15 Å². The zero-order valence-electron chi connectivity index (χ0n) is 14.2. The van der Waals surface area contributed by atoms with Crippen molar-refractivity contribution in [2.24, 2.45) is 0 Å². The number of para-hydroxylation sites is 2. The lowest BCUT2D eigenvalue weighted by molar-refractivity contribution is -0.123. The Morgan fingerprint density at radius 3 is 2.52 bits per heavy atom. The van der Waals surface area contributed by atoms with Crippen LogP contribution in [-0.2, 0) is 9.53 Å². The second-order valence-electron chi connectivity index (χ2n) is 5.81. The van der Waals surface area contributed by atoms with Crippen molar-refractivity contribution in [3.63, 3.8) is 0 Å². The summed E-state index contributed by atoms with van der Waals surface area (Å²) in [6.07, 6.45) is 0.312. The Kier molecular flexibility index (Phi) is 4.52. The van der Waals surface area contributed by atoms with Crippen molar-refractivity contribution in [1.29, 1.82) is 0 Å². The zero-order chi connectivity index (χ0) is 18.0. The van der Waals surface area contributed by atoms with Crippen molar-refractivity contribution in [2.75, 3.05) is 5.32 Å². The number of nitrogens with zero attached hydrogens (tertiary/aromatic N) is 1. The van der Waals surface area contributed by atoms with Crippen LogP contribution in [0.25, 0.3) is 11.1 Å². The summed E-state index contributed by atoms with van der Waals surface area (Å²) in [5.74, 6) is -1.01. The lowest BCUT2D eigenvalue weighted by atomic mass is 10.1. The Bertz CT molecular complexity index is 925. The van der Waals surface area contributed by atoms with E-state index in [1.807, 2.05) is 32.0 Å². The number of oxazole rings is 1. The second kappa shape index (κ2) is 6.76. The highest BCUT2D eigenvalue weighted by Gasteiger charge is 2.22.